The minimum Gasteiger partial charge on any atom is -0.389 e. The Labute approximate surface area is 98.5 Å². The van der Waals surface area contributed by atoms with Gasteiger partial charge in [0, 0.05) is 20.2 Å². The fraction of sp³-hybridized carbons (Fsp3) is 1.00. The molecule has 1 aliphatic rings. The molecule has 0 aromatic rings. The molecule has 1 fully saturated rings. The number of hydrogen-bond acceptors (Lipinski definition) is 4. The summed E-state index contributed by atoms with van der Waals surface area (Å²) in [5.74, 6) is 1.71. The van der Waals surface area contributed by atoms with Crippen molar-refractivity contribution in [2.45, 2.75) is 19.4 Å². The average Bonchev–Trinajstić information content (AvgIpc) is 2.88. The van der Waals surface area contributed by atoms with E-state index >= 15 is 0 Å². The zero-order valence-corrected chi connectivity index (χ0v) is 10.7. The summed E-state index contributed by atoms with van der Waals surface area (Å²) >= 11 is 0. The van der Waals surface area contributed by atoms with Gasteiger partial charge in [-0.05, 0) is 25.3 Å². The minimum atomic E-state index is -0.393. The number of ether oxygens (including phenoxy) is 2. The van der Waals surface area contributed by atoms with Crippen LogP contribution in [0.25, 0.3) is 0 Å². The van der Waals surface area contributed by atoms with Crippen molar-refractivity contribution in [3.63, 3.8) is 0 Å². The Morgan fingerprint density at radius 3 is 2.69 bits per heavy atom. The number of methoxy groups -OCH3 is 1. The molecule has 0 aliphatic heterocycles. The number of hydrogen-bond donors (Lipinski definition) is 1. The Kier molecular flexibility index (Phi) is 6.28. The fourth-order valence-electron chi connectivity index (χ4n) is 1.90. The third kappa shape index (κ3) is 5.80. The maximum absolute atomic E-state index is 9.71. The third-order valence-corrected chi connectivity index (χ3v) is 3.09. The molecule has 0 spiro atoms. The summed E-state index contributed by atoms with van der Waals surface area (Å²) in [6, 6.07) is 0. The highest BCUT2D eigenvalue weighted by molar-refractivity contribution is 4.84. The first-order chi connectivity index (χ1) is 7.63. The summed E-state index contributed by atoms with van der Waals surface area (Å²) in [6.07, 6.45) is 0.945. The van der Waals surface area contributed by atoms with E-state index in [9.17, 15) is 5.11 Å². The molecule has 16 heavy (non-hydrogen) atoms. The second-order valence-corrected chi connectivity index (χ2v) is 4.92. The zero-order chi connectivity index (χ0) is 12.0. The smallest absolute Gasteiger partial charge is 0.0900 e. The average molecular weight is 231 g/mol. The van der Waals surface area contributed by atoms with Crippen LogP contribution in [0.4, 0.5) is 0 Å². The molecular formula is C12H25NO3. The summed E-state index contributed by atoms with van der Waals surface area (Å²) in [7, 11) is 3.70. The van der Waals surface area contributed by atoms with Crippen LogP contribution in [0.5, 0.6) is 0 Å². The summed E-state index contributed by atoms with van der Waals surface area (Å²) in [5, 5.41) is 9.71. The van der Waals surface area contributed by atoms with Gasteiger partial charge < -0.3 is 19.5 Å². The van der Waals surface area contributed by atoms with Crippen molar-refractivity contribution in [3.05, 3.63) is 0 Å². The quantitative estimate of drug-likeness (QED) is 0.590. The Morgan fingerprint density at radius 1 is 1.44 bits per heavy atom. The Bertz CT molecular complexity index is 189. The Balaban J connectivity index is 1.97. The van der Waals surface area contributed by atoms with E-state index < -0.39 is 6.10 Å². The lowest BCUT2D eigenvalue weighted by Gasteiger charge is -2.20. The molecule has 4 nitrogen and oxygen atoms in total. The summed E-state index contributed by atoms with van der Waals surface area (Å²) in [5.41, 5.74) is 0. The van der Waals surface area contributed by atoms with Gasteiger partial charge in [-0.1, -0.05) is 6.92 Å². The molecule has 1 rings (SSSR count). The minimum absolute atomic E-state index is 0.393. The SMILES string of the molecule is COCCOCC(O)CN(C)CC1CC1C. The van der Waals surface area contributed by atoms with E-state index in [-0.39, 0.29) is 0 Å². The highest BCUT2D eigenvalue weighted by atomic mass is 16.5. The molecule has 0 amide bonds. The van der Waals surface area contributed by atoms with Crippen molar-refractivity contribution < 1.29 is 14.6 Å². The Morgan fingerprint density at radius 2 is 2.12 bits per heavy atom. The van der Waals surface area contributed by atoms with Gasteiger partial charge in [-0.2, -0.15) is 0 Å². The molecule has 4 heteroatoms. The van der Waals surface area contributed by atoms with E-state index in [4.69, 9.17) is 9.47 Å². The van der Waals surface area contributed by atoms with E-state index in [1.165, 1.54) is 6.42 Å². The van der Waals surface area contributed by atoms with Crippen LogP contribution in [0.1, 0.15) is 13.3 Å². The molecule has 0 aromatic heterocycles. The summed E-state index contributed by atoms with van der Waals surface area (Å²) < 4.78 is 10.1. The van der Waals surface area contributed by atoms with Gasteiger partial charge in [-0.3, -0.25) is 0 Å². The molecule has 0 bridgehead atoms. The van der Waals surface area contributed by atoms with E-state index in [0.29, 0.717) is 26.4 Å². The largest absolute Gasteiger partial charge is 0.389 e. The fourth-order valence-corrected chi connectivity index (χ4v) is 1.90. The predicted molar refractivity (Wildman–Crippen MR) is 63.5 cm³/mol. The lowest BCUT2D eigenvalue weighted by Crippen LogP contribution is -2.33. The first-order valence-electron chi connectivity index (χ1n) is 6.06. The third-order valence-electron chi connectivity index (χ3n) is 3.09. The molecular weight excluding hydrogens is 206 g/mol. The highest BCUT2D eigenvalue weighted by Gasteiger charge is 2.33. The second kappa shape index (κ2) is 7.22. The number of aliphatic hydroxyl groups excluding tert-OH is 1. The molecule has 1 aliphatic carbocycles. The number of nitrogens with zero attached hydrogens (tertiary/aromatic N) is 1. The molecule has 1 N–H and O–H groups in total. The van der Waals surface area contributed by atoms with Crippen LogP contribution in [0.3, 0.4) is 0 Å². The van der Waals surface area contributed by atoms with Gasteiger partial charge in [-0.15, -0.1) is 0 Å². The standard InChI is InChI=1S/C12H25NO3/c1-10-6-11(10)7-13(2)8-12(14)9-16-5-4-15-3/h10-12,14H,4-9H2,1-3H3. The second-order valence-electron chi connectivity index (χ2n) is 4.92. The monoisotopic (exact) mass is 231 g/mol. The van der Waals surface area contributed by atoms with Crippen molar-refractivity contribution >= 4 is 0 Å². The van der Waals surface area contributed by atoms with Crippen molar-refractivity contribution in [1.82, 2.24) is 4.90 Å². The van der Waals surface area contributed by atoms with Gasteiger partial charge in [0.1, 0.15) is 0 Å². The van der Waals surface area contributed by atoms with Gasteiger partial charge in [-0.25, -0.2) is 0 Å². The first-order valence-corrected chi connectivity index (χ1v) is 6.06. The van der Waals surface area contributed by atoms with Crippen LogP contribution in [-0.2, 0) is 9.47 Å². The van der Waals surface area contributed by atoms with E-state index in [1.54, 1.807) is 7.11 Å². The van der Waals surface area contributed by atoms with Crippen molar-refractivity contribution in [3.8, 4) is 0 Å². The zero-order valence-electron chi connectivity index (χ0n) is 10.7. The van der Waals surface area contributed by atoms with E-state index in [2.05, 4.69) is 18.9 Å². The topological polar surface area (TPSA) is 41.9 Å². The molecule has 0 aromatic carbocycles. The normalized spacial score (nSPS) is 26.1. The van der Waals surface area contributed by atoms with Gasteiger partial charge in [0.25, 0.3) is 0 Å². The van der Waals surface area contributed by atoms with Crippen LogP contribution >= 0.6 is 0 Å². The number of likely N-dealkylation sites (N-methyl/N-ethyl adjacent to an activating group) is 1. The molecule has 3 unspecified atom stereocenters. The lowest BCUT2D eigenvalue weighted by atomic mass is 10.3. The van der Waals surface area contributed by atoms with Crippen molar-refractivity contribution in [2.75, 3.05) is 47.1 Å². The lowest BCUT2D eigenvalue weighted by molar-refractivity contribution is 0.00189. The van der Waals surface area contributed by atoms with Crippen LogP contribution in [0, 0.1) is 11.8 Å². The van der Waals surface area contributed by atoms with E-state index in [1.807, 2.05) is 0 Å². The van der Waals surface area contributed by atoms with Gasteiger partial charge >= 0.3 is 0 Å². The number of aliphatic hydroxyl groups is 1. The van der Waals surface area contributed by atoms with Gasteiger partial charge in [0.2, 0.25) is 0 Å². The Hall–Kier alpha value is -0.160. The van der Waals surface area contributed by atoms with Crippen LogP contribution in [-0.4, -0.2) is 63.2 Å². The maximum Gasteiger partial charge on any atom is 0.0900 e. The summed E-state index contributed by atoms with van der Waals surface area (Å²) in [4.78, 5) is 2.19. The number of rotatable bonds is 9. The first kappa shape index (κ1) is 13.9. The molecule has 0 radical (unpaired) electrons. The molecule has 3 atom stereocenters. The molecule has 1 saturated carbocycles. The molecule has 96 valence electrons. The van der Waals surface area contributed by atoms with Crippen LogP contribution < -0.4 is 0 Å². The highest BCUT2D eigenvalue weighted by Crippen LogP contribution is 2.37. The summed E-state index contributed by atoms with van der Waals surface area (Å²) in [6.45, 7) is 5.60. The van der Waals surface area contributed by atoms with Crippen molar-refractivity contribution in [1.29, 1.82) is 0 Å². The van der Waals surface area contributed by atoms with Gasteiger partial charge in [0.05, 0.1) is 25.9 Å². The predicted octanol–water partition coefficient (Wildman–Crippen LogP) is 0.598. The van der Waals surface area contributed by atoms with Crippen LogP contribution in [0.15, 0.2) is 0 Å². The van der Waals surface area contributed by atoms with Gasteiger partial charge in [0.15, 0.2) is 0 Å². The van der Waals surface area contributed by atoms with Crippen molar-refractivity contribution in [2.24, 2.45) is 11.8 Å². The molecule has 0 heterocycles. The maximum atomic E-state index is 9.71. The van der Waals surface area contributed by atoms with E-state index in [0.717, 1.165) is 18.4 Å². The molecule has 0 saturated heterocycles. The van der Waals surface area contributed by atoms with Crippen LogP contribution in [0.2, 0.25) is 0 Å².